The van der Waals surface area contributed by atoms with Crippen LogP contribution in [0.1, 0.15) is 24.2 Å². The van der Waals surface area contributed by atoms with E-state index in [0.717, 1.165) is 5.69 Å². The van der Waals surface area contributed by atoms with Gasteiger partial charge >= 0.3 is 0 Å². The number of hydrogen-bond acceptors (Lipinski definition) is 4. The van der Waals surface area contributed by atoms with Crippen molar-refractivity contribution in [3.05, 3.63) is 58.1 Å². The molecule has 0 unspecified atom stereocenters. The molecule has 0 aliphatic carbocycles. The fourth-order valence-corrected chi connectivity index (χ4v) is 5.06. The topological polar surface area (TPSA) is 60.9 Å². The van der Waals surface area contributed by atoms with E-state index >= 15 is 0 Å². The molecule has 0 bridgehead atoms. The highest BCUT2D eigenvalue weighted by molar-refractivity contribution is 7.89. The number of nitrogens with zero attached hydrogens (tertiary/aromatic N) is 3. The van der Waals surface area contributed by atoms with Gasteiger partial charge in [0.25, 0.3) is 5.91 Å². The summed E-state index contributed by atoms with van der Waals surface area (Å²) in [6.45, 7) is 5.89. The highest BCUT2D eigenvalue weighted by atomic mass is 35.5. The molecular formula is C21H25Cl2N3O3S. The number of rotatable bonds is 5. The predicted molar refractivity (Wildman–Crippen MR) is 121 cm³/mol. The third kappa shape index (κ3) is 4.75. The summed E-state index contributed by atoms with van der Waals surface area (Å²) in [5, 5.41) is 0.908. The number of anilines is 1. The molecule has 1 amide bonds. The lowest BCUT2D eigenvalue weighted by molar-refractivity contribution is 0.0746. The molecule has 0 radical (unpaired) electrons. The predicted octanol–water partition coefficient (Wildman–Crippen LogP) is 3.98. The van der Waals surface area contributed by atoms with Crippen molar-refractivity contribution in [2.75, 3.05) is 38.1 Å². The number of carbonyl (C=O) groups is 1. The van der Waals surface area contributed by atoms with E-state index in [-0.39, 0.29) is 27.4 Å². The second kappa shape index (κ2) is 9.14. The molecule has 2 aromatic carbocycles. The summed E-state index contributed by atoms with van der Waals surface area (Å²) in [7, 11) is -2.19. The smallest absolute Gasteiger partial charge is 0.255 e. The summed E-state index contributed by atoms with van der Waals surface area (Å²) in [6.07, 6.45) is 0. The van der Waals surface area contributed by atoms with E-state index < -0.39 is 10.0 Å². The minimum absolute atomic E-state index is 0.0593. The van der Waals surface area contributed by atoms with Crippen molar-refractivity contribution >= 4 is 44.8 Å². The van der Waals surface area contributed by atoms with Gasteiger partial charge in [-0.25, -0.2) is 8.42 Å². The summed E-state index contributed by atoms with van der Waals surface area (Å²) in [5.74, 6) is -0.269. The van der Waals surface area contributed by atoms with Crippen LogP contribution in [0.5, 0.6) is 0 Å². The lowest BCUT2D eigenvalue weighted by atomic mass is 10.1. The number of halogens is 2. The second-order valence-corrected chi connectivity index (χ2v) is 10.4. The van der Waals surface area contributed by atoms with E-state index in [4.69, 9.17) is 23.2 Å². The van der Waals surface area contributed by atoms with Gasteiger partial charge in [-0.3, -0.25) is 4.79 Å². The largest absolute Gasteiger partial charge is 0.368 e. The Kier molecular flexibility index (Phi) is 6.97. The van der Waals surface area contributed by atoms with Crippen LogP contribution in [0, 0.1) is 0 Å². The van der Waals surface area contributed by atoms with E-state index in [1.165, 1.54) is 29.6 Å². The number of piperazine rings is 1. The molecule has 2 aromatic rings. The minimum atomic E-state index is -3.71. The van der Waals surface area contributed by atoms with Crippen LogP contribution in [-0.4, -0.2) is 62.8 Å². The second-order valence-electron chi connectivity index (χ2n) is 7.52. The van der Waals surface area contributed by atoms with Gasteiger partial charge in [-0.1, -0.05) is 29.3 Å². The zero-order valence-electron chi connectivity index (χ0n) is 17.2. The van der Waals surface area contributed by atoms with Crippen LogP contribution in [-0.2, 0) is 10.0 Å². The lowest BCUT2D eigenvalue weighted by Gasteiger charge is -2.36. The molecule has 162 valence electrons. The normalized spacial score (nSPS) is 15.2. The minimum Gasteiger partial charge on any atom is -0.368 e. The first-order valence-corrected chi connectivity index (χ1v) is 11.9. The van der Waals surface area contributed by atoms with Gasteiger partial charge in [0.05, 0.1) is 15.5 Å². The molecule has 0 N–H and O–H groups in total. The molecule has 1 saturated heterocycles. The van der Waals surface area contributed by atoms with E-state index in [0.29, 0.717) is 31.2 Å². The number of hydrogen-bond donors (Lipinski definition) is 0. The molecule has 6 nitrogen and oxygen atoms in total. The highest BCUT2D eigenvalue weighted by Gasteiger charge is 2.28. The summed E-state index contributed by atoms with van der Waals surface area (Å²) in [4.78, 5) is 17.0. The maximum Gasteiger partial charge on any atom is 0.255 e. The molecule has 0 atom stereocenters. The number of carbonyl (C=O) groups excluding carboxylic acids is 1. The van der Waals surface area contributed by atoms with E-state index in [1.807, 2.05) is 24.3 Å². The monoisotopic (exact) mass is 469 g/mol. The molecule has 0 aromatic heterocycles. The molecule has 30 heavy (non-hydrogen) atoms. The summed E-state index contributed by atoms with van der Waals surface area (Å²) < 4.78 is 26.9. The van der Waals surface area contributed by atoms with Crippen molar-refractivity contribution in [2.24, 2.45) is 0 Å². The van der Waals surface area contributed by atoms with Crippen LogP contribution in [0.3, 0.4) is 0 Å². The third-order valence-electron chi connectivity index (χ3n) is 5.31. The van der Waals surface area contributed by atoms with Gasteiger partial charge in [0.15, 0.2) is 0 Å². The Balaban J connectivity index is 1.78. The molecule has 1 aliphatic rings. The Labute approximate surface area is 188 Å². The van der Waals surface area contributed by atoms with Crippen molar-refractivity contribution in [3.8, 4) is 0 Å². The van der Waals surface area contributed by atoms with Crippen molar-refractivity contribution in [1.29, 1.82) is 0 Å². The summed E-state index contributed by atoms with van der Waals surface area (Å²) in [6, 6.07) is 11.7. The van der Waals surface area contributed by atoms with Gasteiger partial charge < -0.3 is 9.80 Å². The van der Waals surface area contributed by atoms with Crippen molar-refractivity contribution in [1.82, 2.24) is 9.21 Å². The first-order chi connectivity index (χ1) is 14.1. The Hall–Kier alpha value is -1.80. The quantitative estimate of drug-likeness (QED) is 0.663. The van der Waals surface area contributed by atoms with Crippen LogP contribution in [0.4, 0.5) is 5.69 Å². The van der Waals surface area contributed by atoms with Crippen LogP contribution >= 0.6 is 23.2 Å². The molecule has 1 aliphatic heterocycles. The highest BCUT2D eigenvalue weighted by Crippen LogP contribution is 2.26. The Morgan fingerprint density at radius 2 is 1.70 bits per heavy atom. The fourth-order valence-electron chi connectivity index (χ4n) is 3.28. The van der Waals surface area contributed by atoms with E-state index in [2.05, 4.69) is 4.90 Å². The van der Waals surface area contributed by atoms with Gasteiger partial charge in [0.1, 0.15) is 0 Å². The van der Waals surface area contributed by atoms with Crippen LogP contribution in [0.25, 0.3) is 0 Å². The van der Waals surface area contributed by atoms with E-state index in [1.54, 1.807) is 18.7 Å². The van der Waals surface area contributed by atoms with Crippen molar-refractivity contribution < 1.29 is 13.2 Å². The summed E-state index contributed by atoms with van der Waals surface area (Å²) in [5.41, 5.74) is 1.21. The van der Waals surface area contributed by atoms with Gasteiger partial charge in [-0.05, 0) is 50.2 Å². The molecule has 9 heteroatoms. The Bertz CT molecular complexity index is 1040. The lowest BCUT2D eigenvalue weighted by Crippen LogP contribution is -2.48. The number of amides is 1. The average Bonchev–Trinajstić information content (AvgIpc) is 2.73. The van der Waals surface area contributed by atoms with Crippen LogP contribution in [0.2, 0.25) is 10.0 Å². The van der Waals surface area contributed by atoms with Crippen molar-refractivity contribution in [2.45, 2.75) is 24.8 Å². The maximum absolute atomic E-state index is 13.1. The molecular weight excluding hydrogens is 445 g/mol. The maximum atomic E-state index is 13.1. The van der Waals surface area contributed by atoms with Gasteiger partial charge in [-0.2, -0.15) is 4.31 Å². The number of benzene rings is 2. The van der Waals surface area contributed by atoms with Crippen LogP contribution in [0.15, 0.2) is 47.4 Å². The molecule has 1 heterocycles. The molecule has 1 fully saturated rings. The van der Waals surface area contributed by atoms with Gasteiger partial charge in [-0.15, -0.1) is 0 Å². The van der Waals surface area contributed by atoms with Crippen molar-refractivity contribution in [3.63, 3.8) is 0 Å². The fraction of sp³-hybridized carbons (Fsp3) is 0.381. The van der Waals surface area contributed by atoms with Gasteiger partial charge in [0.2, 0.25) is 10.0 Å². The molecule has 3 rings (SSSR count). The first kappa shape index (κ1) is 22.9. The first-order valence-electron chi connectivity index (χ1n) is 9.68. The average molecular weight is 470 g/mol. The SMILES string of the molecule is CC(C)N(C)S(=O)(=O)c1ccc(Cl)c(C(=O)N2CCN(c3cccc(Cl)c3)CC2)c1. The third-order valence-corrected chi connectivity index (χ3v) is 7.91. The molecule has 0 spiro atoms. The summed E-state index contributed by atoms with van der Waals surface area (Å²) >= 11 is 12.3. The standard InChI is InChI=1S/C21H25Cl2N3O3S/c1-15(2)24(3)30(28,29)18-7-8-20(23)19(14-18)21(27)26-11-9-25(10-12-26)17-6-4-5-16(22)13-17/h4-8,13-15H,9-12H2,1-3H3. The van der Waals surface area contributed by atoms with E-state index in [9.17, 15) is 13.2 Å². The Morgan fingerprint density at radius 3 is 2.30 bits per heavy atom. The Morgan fingerprint density at radius 1 is 1.03 bits per heavy atom. The number of sulfonamides is 1. The van der Waals surface area contributed by atoms with Crippen LogP contribution < -0.4 is 4.90 Å². The van der Waals surface area contributed by atoms with Gasteiger partial charge in [0, 0.05) is 50.0 Å². The molecule has 0 saturated carbocycles. The zero-order valence-corrected chi connectivity index (χ0v) is 19.5. The zero-order chi connectivity index (χ0) is 22.1.